The molecule has 22 heavy (non-hydrogen) atoms. The minimum Gasteiger partial charge on any atom is -0.494 e. The summed E-state index contributed by atoms with van der Waals surface area (Å²) in [7, 11) is 0. The lowest BCUT2D eigenvalue weighted by Crippen LogP contribution is -2.04. The van der Waals surface area contributed by atoms with Crippen molar-refractivity contribution in [1.29, 1.82) is 0 Å². The maximum atomic E-state index is 5.86. The van der Waals surface area contributed by atoms with Crippen LogP contribution in [0.3, 0.4) is 0 Å². The van der Waals surface area contributed by atoms with Gasteiger partial charge in [0.25, 0.3) is 0 Å². The van der Waals surface area contributed by atoms with E-state index in [9.17, 15) is 0 Å². The third-order valence-corrected chi connectivity index (χ3v) is 3.38. The molecule has 2 rings (SSSR count). The minimum absolute atomic E-state index is 0.690. The van der Waals surface area contributed by atoms with E-state index in [0.717, 1.165) is 43.2 Å². The Bertz CT molecular complexity index is 552. The molecule has 0 aliphatic carbocycles. The van der Waals surface area contributed by atoms with E-state index in [4.69, 9.17) is 9.47 Å². The number of rotatable bonds is 9. The second-order valence-corrected chi connectivity index (χ2v) is 5.12. The molecular weight excluding hydrogens is 274 g/mol. The molecule has 0 atom stereocenters. The number of benzene rings is 2. The Kier molecular flexibility index (Phi) is 6.62. The zero-order valence-corrected chi connectivity index (χ0v) is 13.5. The van der Waals surface area contributed by atoms with Crippen molar-refractivity contribution in [3.05, 3.63) is 54.1 Å². The number of anilines is 1. The van der Waals surface area contributed by atoms with Crippen LogP contribution in [0.15, 0.2) is 48.5 Å². The average molecular weight is 299 g/mol. The molecule has 0 unspecified atom stereocenters. The Balaban J connectivity index is 1.93. The monoisotopic (exact) mass is 299 g/mol. The highest BCUT2D eigenvalue weighted by atomic mass is 16.5. The van der Waals surface area contributed by atoms with Crippen LogP contribution in [0.25, 0.3) is 0 Å². The number of ether oxygens (including phenoxy) is 2. The van der Waals surface area contributed by atoms with Gasteiger partial charge in [0, 0.05) is 17.8 Å². The maximum absolute atomic E-state index is 5.86. The van der Waals surface area contributed by atoms with Gasteiger partial charge in [0.15, 0.2) is 0 Å². The molecule has 0 spiro atoms. The quantitative estimate of drug-likeness (QED) is 0.670. The molecule has 0 saturated carbocycles. The average Bonchev–Trinajstić information content (AvgIpc) is 2.56. The van der Waals surface area contributed by atoms with Crippen LogP contribution in [0.4, 0.5) is 5.69 Å². The van der Waals surface area contributed by atoms with Crippen LogP contribution >= 0.6 is 0 Å². The van der Waals surface area contributed by atoms with Gasteiger partial charge in [0.05, 0.1) is 13.2 Å². The Morgan fingerprint density at radius 2 is 1.68 bits per heavy atom. The van der Waals surface area contributed by atoms with Gasteiger partial charge in [-0.1, -0.05) is 31.5 Å². The number of nitrogens with one attached hydrogen (secondary N) is 1. The summed E-state index contributed by atoms with van der Waals surface area (Å²) in [6.07, 6.45) is 2.23. The highest BCUT2D eigenvalue weighted by Gasteiger charge is 2.03. The fourth-order valence-corrected chi connectivity index (χ4v) is 2.15. The molecule has 1 N–H and O–H groups in total. The summed E-state index contributed by atoms with van der Waals surface area (Å²) < 4.78 is 11.3. The van der Waals surface area contributed by atoms with E-state index in [1.165, 1.54) is 5.56 Å². The molecule has 118 valence electrons. The summed E-state index contributed by atoms with van der Waals surface area (Å²) >= 11 is 0. The molecule has 0 radical (unpaired) electrons. The molecule has 0 saturated heterocycles. The number of hydrogen-bond acceptors (Lipinski definition) is 3. The molecule has 0 bridgehead atoms. The van der Waals surface area contributed by atoms with Crippen molar-refractivity contribution in [1.82, 2.24) is 0 Å². The molecule has 2 aromatic rings. The van der Waals surface area contributed by atoms with Gasteiger partial charge in [-0.05, 0) is 43.7 Å². The Morgan fingerprint density at radius 3 is 2.41 bits per heavy atom. The molecule has 0 amide bonds. The molecule has 0 heterocycles. The zero-order chi connectivity index (χ0) is 15.6. The summed E-state index contributed by atoms with van der Waals surface area (Å²) in [6.45, 7) is 6.37. The summed E-state index contributed by atoms with van der Waals surface area (Å²) in [6, 6.07) is 16.2. The van der Waals surface area contributed by atoms with Gasteiger partial charge in [-0.15, -0.1) is 0 Å². The molecule has 0 aliphatic heterocycles. The lowest BCUT2D eigenvalue weighted by molar-refractivity contribution is 0.306. The second kappa shape index (κ2) is 8.98. The molecule has 0 fully saturated rings. The maximum Gasteiger partial charge on any atom is 0.124 e. The first-order valence-corrected chi connectivity index (χ1v) is 8.01. The molecular formula is C19H25NO2. The van der Waals surface area contributed by atoms with Crippen molar-refractivity contribution in [2.75, 3.05) is 18.5 Å². The van der Waals surface area contributed by atoms with Gasteiger partial charge < -0.3 is 14.8 Å². The number of unbranched alkanes of at least 4 members (excludes halogenated alkanes) is 1. The summed E-state index contributed by atoms with van der Waals surface area (Å²) in [4.78, 5) is 0. The predicted octanol–water partition coefficient (Wildman–Crippen LogP) is 4.88. The first kappa shape index (κ1) is 16.2. The molecule has 2 aromatic carbocycles. The van der Waals surface area contributed by atoms with Crippen LogP contribution in [0.2, 0.25) is 0 Å². The Hall–Kier alpha value is -2.16. The smallest absolute Gasteiger partial charge is 0.124 e. The van der Waals surface area contributed by atoms with E-state index >= 15 is 0 Å². The van der Waals surface area contributed by atoms with Crippen LogP contribution < -0.4 is 14.8 Å². The van der Waals surface area contributed by atoms with E-state index in [1.54, 1.807) is 0 Å². The van der Waals surface area contributed by atoms with Crippen LogP contribution in [-0.4, -0.2) is 13.2 Å². The molecule has 0 aromatic heterocycles. The van der Waals surface area contributed by atoms with Crippen molar-refractivity contribution in [2.45, 2.75) is 33.2 Å². The van der Waals surface area contributed by atoms with Gasteiger partial charge in [-0.25, -0.2) is 0 Å². The van der Waals surface area contributed by atoms with Gasteiger partial charge in [0.2, 0.25) is 0 Å². The van der Waals surface area contributed by atoms with E-state index in [-0.39, 0.29) is 0 Å². The van der Waals surface area contributed by atoms with Gasteiger partial charge in [-0.2, -0.15) is 0 Å². The van der Waals surface area contributed by atoms with Crippen LogP contribution in [0.1, 0.15) is 32.3 Å². The van der Waals surface area contributed by atoms with Crippen LogP contribution in [0, 0.1) is 0 Å². The van der Waals surface area contributed by atoms with Crippen LogP contribution in [-0.2, 0) is 6.54 Å². The zero-order valence-electron chi connectivity index (χ0n) is 13.5. The van der Waals surface area contributed by atoms with Gasteiger partial charge >= 0.3 is 0 Å². The highest BCUT2D eigenvalue weighted by Crippen LogP contribution is 2.21. The van der Waals surface area contributed by atoms with Crippen molar-refractivity contribution in [3.8, 4) is 11.5 Å². The van der Waals surface area contributed by atoms with Gasteiger partial charge in [0.1, 0.15) is 11.5 Å². The molecule has 0 aliphatic rings. The number of hydrogen-bond donors (Lipinski definition) is 1. The summed E-state index contributed by atoms with van der Waals surface area (Å²) in [5, 5.41) is 3.43. The standard InChI is InChI=1S/C19H25NO2/c1-3-5-14-22-19-9-7-6-8-16(19)15-20-17-10-12-18(13-11-17)21-4-2/h6-13,20H,3-5,14-15H2,1-2H3. The van der Waals surface area contributed by atoms with Gasteiger partial charge in [-0.3, -0.25) is 0 Å². The first-order chi connectivity index (χ1) is 10.8. The number of para-hydroxylation sites is 1. The highest BCUT2D eigenvalue weighted by molar-refractivity contribution is 5.47. The van der Waals surface area contributed by atoms with E-state index in [0.29, 0.717) is 6.61 Å². The van der Waals surface area contributed by atoms with Crippen molar-refractivity contribution >= 4 is 5.69 Å². The Labute approximate surface area is 133 Å². The van der Waals surface area contributed by atoms with Crippen molar-refractivity contribution in [2.24, 2.45) is 0 Å². The first-order valence-electron chi connectivity index (χ1n) is 8.01. The van der Waals surface area contributed by atoms with E-state index in [1.807, 2.05) is 49.4 Å². The van der Waals surface area contributed by atoms with Crippen LogP contribution in [0.5, 0.6) is 11.5 Å². The van der Waals surface area contributed by atoms with Crippen molar-refractivity contribution in [3.63, 3.8) is 0 Å². The van der Waals surface area contributed by atoms with E-state index < -0.39 is 0 Å². The Morgan fingerprint density at radius 1 is 0.909 bits per heavy atom. The van der Waals surface area contributed by atoms with E-state index in [2.05, 4.69) is 18.3 Å². The fourth-order valence-electron chi connectivity index (χ4n) is 2.15. The lowest BCUT2D eigenvalue weighted by Gasteiger charge is -2.13. The summed E-state index contributed by atoms with van der Waals surface area (Å²) in [5.74, 6) is 1.87. The molecule has 3 heteroatoms. The topological polar surface area (TPSA) is 30.5 Å². The summed E-state index contributed by atoms with van der Waals surface area (Å²) in [5.41, 5.74) is 2.25. The lowest BCUT2D eigenvalue weighted by atomic mass is 10.2. The largest absolute Gasteiger partial charge is 0.494 e. The third-order valence-electron chi connectivity index (χ3n) is 3.38. The molecule has 3 nitrogen and oxygen atoms in total. The van der Waals surface area contributed by atoms with Crippen molar-refractivity contribution < 1.29 is 9.47 Å². The SMILES string of the molecule is CCCCOc1ccccc1CNc1ccc(OCC)cc1. The predicted molar refractivity (Wildman–Crippen MR) is 91.8 cm³/mol. The second-order valence-electron chi connectivity index (χ2n) is 5.12. The fraction of sp³-hybridized carbons (Fsp3) is 0.368. The normalized spacial score (nSPS) is 10.3. The minimum atomic E-state index is 0.690. The third kappa shape index (κ3) is 4.99.